The minimum absolute atomic E-state index is 0.253. The lowest BCUT2D eigenvalue weighted by Crippen LogP contribution is -2.32. The quantitative estimate of drug-likeness (QED) is 0.620. The van der Waals surface area contributed by atoms with Crippen LogP contribution in [0.3, 0.4) is 0 Å². The Morgan fingerprint density at radius 1 is 1.46 bits per heavy atom. The number of nitrogens with two attached hydrogens (primary N) is 1. The maximum atomic E-state index is 11.1. The second-order valence-corrected chi connectivity index (χ2v) is 2.41. The molecule has 0 unspecified atom stereocenters. The van der Waals surface area contributed by atoms with Gasteiger partial charge in [0.1, 0.15) is 0 Å². The number of nitrogens with zero attached hydrogens (tertiary/aromatic N) is 1. The zero-order valence-electron chi connectivity index (χ0n) is 7.16. The van der Waals surface area contributed by atoms with Crippen molar-refractivity contribution in [2.24, 2.45) is 5.73 Å². The summed E-state index contributed by atoms with van der Waals surface area (Å²) in [6.45, 7) is 0.903. The monoisotopic (exact) mass is 180 g/mol. The number of nitrogens with one attached hydrogen (secondary N) is 2. The first-order valence-electron chi connectivity index (χ1n) is 3.98. The molecule has 0 aliphatic rings. The predicted octanol–water partition coefficient (Wildman–Crippen LogP) is 0.162. The molecule has 0 atom stereocenters. The zero-order valence-corrected chi connectivity index (χ0v) is 7.16. The second kappa shape index (κ2) is 5.10. The maximum Gasteiger partial charge on any atom is 0.319 e. The first-order chi connectivity index (χ1) is 6.33. The van der Waals surface area contributed by atoms with Crippen LogP contribution in [0, 0.1) is 0 Å². The maximum absolute atomic E-state index is 11.1. The average molecular weight is 180 g/mol. The van der Waals surface area contributed by atoms with Crippen LogP contribution in [-0.2, 0) is 0 Å². The van der Waals surface area contributed by atoms with Crippen LogP contribution in [0.25, 0.3) is 0 Å². The molecular weight excluding hydrogens is 168 g/mol. The fourth-order valence-electron chi connectivity index (χ4n) is 0.796. The van der Waals surface area contributed by atoms with Gasteiger partial charge in [0.2, 0.25) is 0 Å². The molecule has 0 aliphatic heterocycles. The second-order valence-electron chi connectivity index (χ2n) is 2.41. The van der Waals surface area contributed by atoms with Crippen LogP contribution in [0.5, 0.6) is 0 Å². The highest BCUT2D eigenvalue weighted by atomic mass is 16.2. The molecule has 1 aromatic heterocycles. The average Bonchev–Trinajstić information content (AvgIpc) is 2.16. The fourth-order valence-corrected chi connectivity index (χ4v) is 0.796. The number of hydrogen-bond donors (Lipinski definition) is 3. The van der Waals surface area contributed by atoms with E-state index in [1.54, 1.807) is 24.5 Å². The summed E-state index contributed by atoms with van der Waals surface area (Å²) < 4.78 is 0. The molecule has 0 bridgehead atoms. The molecule has 1 heterocycles. The Morgan fingerprint density at radius 2 is 2.15 bits per heavy atom. The number of carbonyl (C=O) groups excluding carboxylic acids is 1. The van der Waals surface area contributed by atoms with E-state index >= 15 is 0 Å². The molecule has 4 N–H and O–H groups in total. The lowest BCUT2D eigenvalue weighted by Gasteiger charge is -2.05. The molecule has 0 aliphatic carbocycles. The van der Waals surface area contributed by atoms with Crippen LogP contribution >= 0.6 is 0 Å². The van der Waals surface area contributed by atoms with E-state index in [1.807, 2.05) is 0 Å². The number of amides is 2. The molecule has 0 aromatic carbocycles. The number of aromatic nitrogens is 1. The third-order valence-electron chi connectivity index (χ3n) is 1.37. The van der Waals surface area contributed by atoms with Crippen molar-refractivity contribution in [3.8, 4) is 0 Å². The van der Waals surface area contributed by atoms with Crippen LogP contribution in [0.15, 0.2) is 24.5 Å². The highest BCUT2D eigenvalue weighted by Gasteiger charge is 1.97. The van der Waals surface area contributed by atoms with Gasteiger partial charge in [-0.05, 0) is 12.1 Å². The molecule has 5 nitrogen and oxygen atoms in total. The van der Waals surface area contributed by atoms with E-state index in [0.717, 1.165) is 0 Å². The SMILES string of the molecule is NCCNC(=O)Nc1ccncc1. The van der Waals surface area contributed by atoms with Gasteiger partial charge in [-0.2, -0.15) is 0 Å². The predicted molar refractivity (Wildman–Crippen MR) is 50.3 cm³/mol. The van der Waals surface area contributed by atoms with Crippen LogP contribution in [0.2, 0.25) is 0 Å². The molecule has 0 saturated carbocycles. The van der Waals surface area contributed by atoms with Gasteiger partial charge in [-0.1, -0.05) is 0 Å². The molecule has 70 valence electrons. The largest absolute Gasteiger partial charge is 0.337 e. The first-order valence-corrected chi connectivity index (χ1v) is 3.98. The molecule has 0 radical (unpaired) electrons. The summed E-state index contributed by atoms with van der Waals surface area (Å²) >= 11 is 0. The topological polar surface area (TPSA) is 80.0 Å². The van der Waals surface area contributed by atoms with Crippen molar-refractivity contribution >= 4 is 11.7 Å². The van der Waals surface area contributed by atoms with Crippen LogP contribution in [0.4, 0.5) is 10.5 Å². The summed E-state index contributed by atoms with van der Waals surface area (Å²) in [5.41, 5.74) is 5.93. The molecule has 1 rings (SSSR count). The number of urea groups is 1. The Kier molecular flexibility index (Phi) is 3.72. The fraction of sp³-hybridized carbons (Fsp3) is 0.250. The van der Waals surface area contributed by atoms with Gasteiger partial charge in [0.15, 0.2) is 0 Å². The van der Waals surface area contributed by atoms with Crippen LogP contribution in [0.1, 0.15) is 0 Å². The minimum Gasteiger partial charge on any atom is -0.337 e. The van der Waals surface area contributed by atoms with Crippen LogP contribution < -0.4 is 16.4 Å². The Balaban J connectivity index is 2.37. The van der Waals surface area contributed by atoms with E-state index in [2.05, 4.69) is 15.6 Å². The van der Waals surface area contributed by atoms with Crippen molar-refractivity contribution in [2.45, 2.75) is 0 Å². The lowest BCUT2D eigenvalue weighted by molar-refractivity contribution is 0.252. The van der Waals surface area contributed by atoms with Gasteiger partial charge in [-0.15, -0.1) is 0 Å². The third kappa shape index (κ3) is 3.53. The number of rotatable bonds is 3. The van der Waals surface area contributed by atoms with Gasteiger partial charge < -0.3 is 16.4 Å². The molecular formula is C8H12N4O. The number of hydrogen-bond acceptors (Lipinski definition) is 3. The molecule has 2 amide bonds. The van der Waals surface area contributed by atoms with Crippen molar-refractivity contribution < 1.29 is 4.79 Å². The molecule has 1 aromatic rings. The Morgan fingerprint density at radius 3 is 2.77 bits per heavy atom. The molecule has 0 spiro atoms. The van der Waals surface area contributed by atoms with Crippen molar-refractivity contribution in [3.05, 3.63) is 24.5 Å². The van der Waals surface area contributed by atoms with Gasteiger partial charge in [-0.25, -0.2) is 4.79 Å². The van der Waals surface area contributed by atoms with Crippen molar-refractivity contribution in [3.63, 3.8) is 0 Å². The van der Waals surface area contributed by atoms with Crippen molar-refractivity contribution in [2.75, 3.05) is 18.4 Å². The molecule has 13 heavy (non-hydrogen) atoms. The number of carbonyl (C=O) groups is 1. The summed E-state index contributed by atoms with van der Waals surface area (Å²) in [5, 5.41) is 5.22. The molecule has 0 fully saturated rings. The lowest BCUT2D eigenvalue weighted by atomic mass is 10.4. The van der Waals surface area contributed by atoms with Gasteiger partial charge in [0, 0.05) is 31.2 Å². The smallest absolute Gasteiger partial charge is 0.319 e. The standard InChI is InChI=1S/C8H12N4O/c9-3-6-11-8(13)12-7-1-4-10-5-2-7/h1-2,4-5H,3,6,9H2,(H2,10,11,12,13). The third-order valence-corrected chi connectivity index (χ3v) is 1.37. The van der Waals surface area contributed by atoms with E-state index in [0.29, 0.717) is 18.8 Å². The summed E-state index contributed by atoms with van der Waals surface area (Å²) in [7, 11) is 0. The molecule has 5 heteroatoms. The van der Waals surface area contributed by atoms with Gasteiger partial charge in [-0.3, -0.25) is 4.98 Å². The van der Waals surface area contributed by atoms with E-state index in [4.69, 9.17) is 5.73 Å². The summed E-state index contributed by atoms with van der Waals surface area (Å²) in [5.74, 6) is 0. The Bertz CT molecular complexity index is 262. The summed E-state index contributed by atoms with van der Waals surface area (Å²) in [4.78, 5) is 14.9. The highest BCUT2D eigenvalue weighted by molar-refractivity contribution is 5.88. The Labute approximate surface area is 76.3 Å². The highest BCUT2D eigenvalue weighted by Crippen LogP contribution is 2.01. The number of anilines is 1. The van der Waals surface area contributed by atoms with Crippen molar-refractivity contribution in [1.29, 1.82) is 0 Å². The first kappa shape index (κ1) is 9.47. The Hall–Kier alpha value is -1.62. The van der Waals surface area contributed by atoms with Crippen molar-refractivity contribution in [1.82, 2.24) is 10.3 Å². The van der Waals surface area contributed by atoms with Gasteiger partial charge >= 0.3 is 6.03 Å². The van der Waals surface area contributed by atoms with E-state index in [1.165, 1.54) is 0 Å². The van der Waals surface area contributed by atoms with E-state index < -0.39 is 0 Å². The van der Waals surface area contributed by atoms with Crippen LogP contribution in [-0.4, -0.2) is 24.1 Å². The van der Waals surface area contributed by atoms with Gasteiger partial charge in [0.05, 0.1) is 0 Å². The summed E-state index contributed by atoms with van der Waals surface area (Å²) in [6.07, 6.45) is 3.22. The normalized spacial score (nSPS) is 9.31. The zero-order chi connectivity index (χ0) is 9.52. The molecule has 0 saturated heterocycles. The van der Waals surface area contributed by atoms with E-state index in [-0.39, 0.29) is 6.03 Å². The minimum atomic E-state index is -0.253. The summed E-state index contributed by atoms with van der Waals surface area (Å²) in [6, 6.07) is 3.17. The van der Waals surface area contributed by atoms with Gasteiger partial charge in [0.25, 0.3) is 0 Å². The number of pyridine rings is 1. The van der Waals surface area contributed by atoms with E-state index in [9.17, 15) is 4.79 Å².